The van der Waals surface area contributed by atoms with E-state index >= 15 is 0 Å². The molecule has 0 atom stereocenters. The number of hydrogen-bond acceptors (Lipinski definition) is 1. The van der Waals surface area contributed by atoms with Crippen LogP contribution >= 0.6 is 0 Å². The molecular formula is C7H13O2. The van der Waals surface area contributed by atoms with E-state index in [0.717, 1.165) is 26.1 Å². The van der Waals surface area contributed by atoms with Crippen molar-refractivity contribution in [2.45, 2.75) is 19.8 Å². The van der Waals surface area contributed by atoms with Crippen molar-refractivity contribution in [2.75, 3.05) is 19.8 Å². The maximum Gasteiger partial charge on any atom is 0.0829 e. The molecule has 0 aromatic rings. The van der Waals surface area contributed by atoms with E-state index in [9.17, 15) is 5.11 Å². The molecule has 0 bridgehead atoms. The lowest BCUT2D eigenvalue weighted by Crippen LogP contribution is -2.42. The zero-order chi connectivity index (χ0) is 6.74. The van der Waals surface area contributed by atoms with Crippen LogP contribution in [-0.2, 0) is 9.84 Å². The van der Waals surface area contributed by atoms with Crippen molar-refractivity contribution in [3.63, 3.8) is 0 Å². The lowest BCUT2D eigenvalue weighted by molar-refractivity contribution is -0.127. The van der Waals surface area contributed by atoms with Gasteiger partial charge in [0.15, 0.2) is 0 Å². The summed E-state index contributed by atoms with van der Waals surface area (Å²) in [6.45, 7) is 3.80. The Hall–Kier alpha value is -0.0800. The molecule has 53 valence electrons. The second-order valence-electron chi connectivity index (χ2n) is 2.80. The van der Waals surface area contributed by atoms with E-state index in [1.54, 1.807) is 0 Å². The second kappa shape index (κ2) is 2.67. The Labute approximate surface area is 55.8 Å². The quantitative estimate of drug-likeness (QED) is 0.563. The zero-order valence-electron chi connectivity index (χ0n) is 5.85. The van der Waals surface area contributed by atoms with Gasteiger partial charge in [0, 0.05) is 5.41 Å². The van der Waals surface area contributed by atoms with Crippen LogP contribution in [-0.4, -0.2) is 19.8 Å². The molecule has 1 radical (unpaired) electrons. The van der Waals surface area contributed by atoms with E-state index in [4.69, 9.17) is 4.74 Å². The molecule has 0 aliphatic carbocycles. The molecule has 0 aromatic carbocycles. The van der Waals surface area contributed by atoms with Crippen LogP contribution in [0.3, 0.4) is 0 Å². The average Bonchev–Trinajstić information content (AvgIpc) is 1.79. The molecule has 1 heterocycles. The fraction of sp³-hybridized carbons (Fsp3) is 1.00. The normalized spacial score (nSPS) is 23.3. The molecule has 1 rings (SSSR count). The van der Waals surface area contributed by atoms with Crippen molar-refractivity contribution >= 4 is 0 Å². The Morgan fingerprint density at radius 3 is 2.33 bits per heavy atom. The molecule has 1 aliphatic heterocycles. The van der Waals surface area contributed by atoms with E-state index in [-0.39, 0.29) is 12.0 Å². The van der Waals surface area contributed by atoms with Crippen LogP contribution in [0.25, 0.3) is 0 Å². The van der Waals surface area contributed by atoms with Crippen LogP contribution in [0.2, 0.25) is 0 Å². The van der Waals surface area contributed by atoms with Crippen molar-refractivity contribution in [1.82, 2.24) is 0 Å². The highest BCUT2D eigenvalue weighted by Gasteiger charge is 2.35. The average molecular weight is 129 g/mol. The minimum Gasteiger partial charge on any atom is -0.380 e. The highest BCUT2D eigenvalue weighted by molar-refractivity contribution is 4.83. The molecule has 1 aliphatic rings. The van der Waals surface area contributed by atoms with E-state index in [1.165, 1.54) is 0 Å². The molecular weight excluding hydrogens is 116 g/mol. The lowest BCUT2D eigenvalue weighted by atomic mass is 9.80. The van der Waals surface area contributed by atoms with Gasteiger partial charge in [0.2, 0.25) is 0 Å². The molecule has 9 heavy (non-hydrogen) atoms. The first-order valence-electron chi connectivity index (χ1n) is 3.49. The molecule has 0 saturated carbocycles. The Kier molecular flexibility index (Phi) is 2.09. The van der Waals surface area contributed by atoms with Crippen LogP contribution in [0.4, 0.5) is 0 Å². The summed E-state index contributed by atoms with van der Waals surface area (Å²) in [5, 5.41) is 10.2. The summed E-state index contributed by atoms with van der Waals surface area (Å²) in [6, 6.07) is 0. The molecule has 0 amide bonds. The Balaban J connectivity index is 2.28. The highest BCUT2D eigenvalue weighted by atomic mass is 16.5. The Bertz CT molecular complexity index is 81.4. The highest BCUT2D eigenvalue weighted by Crippen LogP contribution is 2.34. The van der Waals surface area contributed by atoms with Gasteiger partial charge in [-0.3, -0.25) is 0 Å². The van der Waals surface area contributed by atoms with Gasteiger partial charge in [-0.05, 0) is 12.8 Å². The predicted octanol–water partition coefficient (Wildman–Crippen LogP) is 1.23. The van der Waals surface area contributed by atoms with Gasteiger partial charge in [-0.15, -0.1) is 0 Å². The van der Waals surface area contributed by atoms with Crippen LogP contribution in [0.5, 0.6) is 0 Å². The molecule has 0 unspecified atom stereocenters. The standard InChI is InChI=1S/C7H13O2/c1-2-7(3-4-8)5-9-6-7/h2-6H2,1H3. The minimum atomic E-state index is 0.0528. The van der Waals surface area contributed by atoms with Crippen molar-refractivity contribution in [3.8, 4) is 0 Å². The van der Waals surface area contributed by atoms with Crippen LogP contribution in [0.1, 0.15) is 19.8 Å². The number of ether oxygens (including phenoxy) is 1. The smallest absolute Gasteiger partial charge is 0.0829 e. The summed E-state index contributed by atoms with van der Waals surface area (Å²) >= 11 is 0. The van der Waals surface area contributed by atoms with E-state index in [2.05, 4.69) is 6.92 Å². The number of rotatable bonds is 3. The third-order valence-electron chi connectivity index (χ3n) is 2.20. The summed E-state index contributed by atoms with van der Waals surface area (Å²) in [5.74, 6) is 0. The van der Waals surface area contributed by atoms with Gasteiger partial charge in [-0.2, -0.15) is 0 Å². The fourth-order valence-electron chi connectivity index (χ4n) is 1.13. The van der Waals surface area contributed by atoms with Gasteiger partial charge < -0.3 is 4.74 Å². The Morgan fingerprint density at radius 2 is 2.22 bits per heavy atom. The van der Waals surface area contributed by atoms with Gasteiger partial charge in [0.25, 0.3) is 0 Å². The first kappa shape index (κ1) is 7.03. The van der Waals surface area contributed by atoms with Gasteiger partial charge in [-0.25, -0.2) is 5.11 Å². The van der Waals surface area contributed by atoms with E-state index in [1.807, 2.05) is 0 Å². The van der Waals surface area contributed by atoms with Gasteiger partial charge in [0.1, 0.15) is 0 Å². The zero-order valence-corrected chi connectivity index (χ0v) is 5.85. The fourth-order valence-corrected chi connectivity index (χ4v) is 1.13. The van der Waals surface area contributed by atoms with Gasteiger partial charge in [0.05, 0.1) is 19.8 Å². The van der Waals surface area contributed by atoms with Crippen molar-refractivity contribution in [1.29, 1.82) is 0 Å². The summed E-state index contributed by atoms with van der Waals surface area (Å²) in [7, 11) is 0. The SMILES string of the molecule is CCC1(CC[O])COC1. The molecule has 0 spiro atoms. The maximum absolute atomic E-state index is 10.2. The molecule has 0 aromatic heterocycles. The Morgan fingerprint density at radius 1 is 1.56 bits per heavy atom. The topological polar surface area (TPSA) is 29.1 Å². The van der Waals surface area contributed by atoms with Gasteiger partial charge in [-0.1, -0.05) is 6.92 Å². The molecule has 1 saturated heterocycles. The van der Waals surface area contributed by atoms with Crippen LogP contribution < -0.4 is 0 Å². The van der Waals surface area contributed by atoms with Gasteiger partial charge >= 0.3 is 0 Å². The third kappa shape index (κ3) is 1.25. The first-order valence-corrected chi connectivity index (χ1v) is 3.49. The summed E-state index contributed by atoms with van der Waals surface area (Å²) in [6.07, 6.45) is 1.89. The van der Waals surface area contributed by atoms with Crippen molar-refractivity contribution < 1.29 is 9.84 Å². The number of hydrogen-bond donors (Lipinski definition) is 0. The monoisotopic (exact) mass is 129 g/mol. The maximum atomic E-state index is 10.2. The molecule has 2 heteroatoms. The predicted molar refractivity (Wildman–Crippen MR) is 33.7 cm³/mol. The first-order chi connectivity index (χ1) is 4.33. The van der Waals surface area contributed by atoms with Crippen molar-refractivity contribution in [3.05, 3.63) is 0 Å². The molecule has 0 N–H and O–H groups in total. The van der Waals surface area contributed by atoms with Crippen LogP contribution in [0.15, 0.2) is 0 Å². The van der Waals surface area contributed by atoms with E-state index in [0.29, 0.717) is 0 Å². The largest absolute Gasteiger partial charge is 0.380 e. The van der Waals surface area contributed by atoms with E-state index < -0.39 is 0 Å². The summed E-state index contributed by atoms with van der Waals surface area (Å²) < 4.78 is 5.04. The molecule has 1 fully saturated rings. The minimum absolute atomic E-state index is 0.0528. The molecule has 2 nitrogen and oxygen atoms in total. The second-order valence-corrected chi connectivity index (χ2v) is 2.80. The lowest BCUT2D eigenvalue weighted by Gasteiger charge is -2.40. The summed E-state index contributed by atoms with van der Waals surface area (Å²) in [5.41, 5.74) is 0.280. The van der Waals surface area contributed by atoms with Crippen LogP contribution in [0, 0.1) is 5.41 Å². The third-order valence-corrected chi connectivity index (χ3v) is 2.20. The van der Waals surface area contributed by atoms with Crippen molar-refractivity contribution in [2.24, 2.45) is 5.41 Å². The summed E-state index contributed by atoms with van der Waals surface area (Å²) in [4.78, 5) is 0.